The Hall–Kier alpha value is -6.58. The minimum atomic E-state index is -1.02. The first-order valence-electron chi connectivity index (χ1n) is 14.9. The maximum atomic E-state index is 13.0. The Labute approximate surface area is 282 Å². The normalized spacial score (nSPS) is 12.2. The van der Waals surface area contributed by atoms with Crippen molar-refractivity contribution in [2.24, 2.45) is 11.8 Å². The molecule has 0 radical (unpaired) electrons. The number of esters is 2. The molecule has 0 aliphatic carbocycles. The molecule has 16 nitrogen and oxygen atoms in total. The van der Waals surface area contributed by atoms with E-state index in [2.05, 4.69) is 0 Å². The largest absolute Gasteiger partial charge is 0.504 e. The number of benzene rings is 4. The number of carbonyl (C=O) groups is 2. The monoisotopic (exact) mass is 698 g/mol. The van der Waals surface area contributed by atoms with E-state index in [1.165, 1.54) is 24.3 Å². The van der Waals surface area contributed by atoms with Gasteiger partial charge in [-0.05, 0) is 91.3 Å². The molecular formula is C34H34O16. The second kappa shape index (κ2) is 15.1. The molecule has 50 heavy (non-hydrogen) atoms. The molecule has 0 aliphatic heterocycles. The summed E-state index contributed by atoms with van der Waals surface area (Å²) in [6.45, 7) is -0.612. The molecule has 0 saturated carbocycles. The summed E-state index contributed by atoms with van der Waals surface area (Å²) in [5.74, 6) is -12.1. The molecule has 16 heteroatoms. The molecule has 2 atom stereocenters. The van der Waals surface area contributed by atoms with E-state index in [0.717, 1.165) is 24.3 Å². The van der Waals surface area contributed by atoms with Crippen LogP contribution < -0.4 is 0 Å². The second-order valence-corrected chi connectivity index (χ2v) is 11.5. The van der Waals surface area contributed by atoms with Gasteiger partial charge in [0.1, 0.15) is 0 Å². The van der Waals surface area contributed by atoms with Crippen LogP contribution in [-0.4, -0.2) is 86.4 Å². The summed E-state index contributed by atoms with van der Waals surface area (Å²) < 4.78 is 10.8. The van der Waals surface area contributed by atoms with Crippen molar-refractivity contribution >= 4 is 11.9 Å². The third-order valence-electron chi connectivity index (χ3n) is 7.91. The smallest absolute Gasteiger partial charge is 0.338 e. The minimum absolute atomic E-state index is 0.0344. The summed E-state index contributed by atoms with van der Waals surface area (Å²) in [5, 5.41) is 119. The molecule has 266 valence electrons. The SMILES string of the molecule is O=C(OCCC[C@H](Cc1cc(O)c(O)c(O)c1)[C@H](COC(=O)c1cc(O)c(O)c(O)c1)Cc1cc(O)c(O)c(O)c1)c1cc(O)c(O)c(O)c1. The Morgan fingerprint density at radius 3 is 1.16 bits per heavy atom. The van der Waals surface area contributed by atoms with E-state index in [0.29, 0.717) is 5.56 Å². The van der Waals surface area contributed by atoms with Gasteiger partial charge in [0, 0.05) is 5.92 Å². The molecule has 0 amide bonds. The van der Waals surface area contributed by atoms with E-state index in [4.69, 9.17) is 9.47 Å². The number of aromatic hydroxyl groups is 12. The molecule has 0 heterocycles. The van der Waals surface area contributed by atoms with Crippen LogP contribution >= 0.6 is 0 Å². The van der Waals surface area contributed by atoms with Gasteiger partial charge in [-0.2, -0.15) is 0 Å². The molecule has 0 fully saturated rings. The summed E-state index contributed by atoms with van der Waals surface area (Å²) in [4.78, 5) is 25.5. The summed E-state index contributed by atoms with van der Waals surface area (Å²) in [6.07, 6.45) is 0.320. The molecule has 0 spiro atoms. The van der Waals surface area contributed by atoms with Crippen LogP contribution in [0.15, 0.2) is 48.5 Å². The summed E-state index contributed by atoms with van der Waals surface area (Å²) in [7, 11) is 0. The number of ether oxygens (including phenoxy) is 2. The van der Waals surface area contributed by atoms with Crippen LogP contribution in [0.1, 0.15) is 44.7 Å². The highest BCUT2D eigenvalue weighted by molar-refractivity contribution is 5.91. The fraction of sp³-hybridized carbons (Fsp3) is 0.235. The van der Waals surface area contributed by atoms with Gasteiger partial charge >= 0.3 is 11.9 Å². The summed E-state index contributed by atoms with van der Waals surface area (Å²) in [5.41, 5.74) is 0.0153. The van der Waals surface area contributed by atoms with Crippen molar-refractivity contribution in [1.82, 2.24) is 0 Å². The van der Waals surface area contributed by atoms with E-state index in [1.807, 2.05) is 0 Å². The van der Waals surface area contributed by atoms with E-state index in [9.17, 15) is 70.9 Å². The quantitative estimate of drug-likeness (QED) is 0.0538. The number of rotatable bonds is 13. The van der Waals surface area contributed by atoms with Crippen molar-refractivity contribution in [3.8, 4) is 69.0 Å². The van der Waals surface area contributed by atoms with Gasteiger partial charge in [0.15, 0.2) is 69.0 Å². The molecule has 12 N–H and O–H groups in total. The van der Waals surface area contributed by atoms with Crippen LogP contribution in [0, 0.1) is 11.8 Å². The van der Waals surface area contributed by atoms with Gasteiger partial charge in [-0.1, -0.05) is 0 Å². The Morgan fingerprint density at radius 1 is 0.460 bits per heavy atom. The van der Waals surface area contributed by atoms with Crippen molar-refractivity contribution in [3.05, 3.63) is 70.8 Å². The average molecular weight is 699 g/mol. The van der Waals surface area contributed by atoms with E-state index in [-0.39, 0.29) is 49.0 Å². The fourth-order valence-electron chi connectivity index (χ4n) is 5.33. The predicted octanol–water partition coefficient (Wildman–Crippen LogP) is 3.67. The predicted molar refractivity (Wildman–Crippen MR) is 170 cm³/mol. The van der Waals surface area contributed by atoms with Crippen molar-refractivity contribution in [2.45, 2.75) is 25.7 Å². The molecule has 0 bridgehead atoms. The molecule has 4 aromatic carbocycles. The zero-order chi connectivity index (χ0) is 36.9. The van der Waals surface area contributed by atoms with Gasteiger partial charge in [0.05, 0.1) is 24.3 Å². The Bertz CT molecular complexity index is 1810. The lowest BCUT2D eigenvalue weighted by molar-refractivity contribution is 0.0361. The van der Waals surface area contributed by atoms with Crippen molar-refractivity contribution in [1.29, 1.82) is 0 Å². The van der Waals surface area contributed by atoms with Crippen molar-refractivity contribution in [3.63, 3.8) is 0 Å². The number of carbonyl (C=O) groups excluding carboxylic acids is 2. The van der Waals surface area contributed by atoms with Gasteiger partial charge in [0.25, 0.3) is 0 Å². The lowest BCUT2D eigenvalue weighted by atomic mass is 9.80. The molecule has 0 aliphatic rings. The Kier molecular flexibility index (Phi) is 11.0. The van der Waals surface area contributed by atoms with Crippen LogP contribution in [0.5, 0.6) is 69.0 Å². The zero-order valence-corrected chi connectivity index (χ0v) is 26.0. The highest BCUT2D eigenvalue weighted by Crippen LogP contribution is 2.40. The van der Waals surface area contributed by atoms with Crippen LogP contribution in [0.25, 0.3) is 0 Å². The van der Waals surface area contributed by atoms with Crippen molar-refractivity contribution in [2.75, 3.05) is 13.2 Å². The topological polar surface area (TPSA) is 295 Å². The highest BCUT2D eigenvalue weighted by atomic mass is 16.5. The number of hydrogen-bond acceptors (Lipinski definition) is 16. The first kappa shape index (κ1) is 36.3. The Balaban J connectivity index is 1.62. The van der Waals surface area contributed by atoms with Gasteiger partial charge in [0.2, 0.25) is 0 Å². The maximum absolute atomic E-state index is 13.0. The van der Waals surface area contributed by atoms with Crippen LogP contribution in [-0.2, 0) is 22.3 Å². The van der Waals surface area contributed by atoms with Crippen LogP contribution in [0.3, 0.4) is 0 Å². The Morgan fingerprint density at radius 2 is 0.780 bits per heavy atom. The van der Waals surface area contributed by atoms with E-state index in [1.54, 1.807) is 0 Å². The van der Waals surface area contributed by atoms with Crippen molar-refractivity contribution < 1.29 is 80.3 Å². The van der Waals surface area contributed by atoms with Crippen LogP contribution in [0.2, 0.25) is 0 Å². The van der Waals surface area contributed by atoms with E-state index < -0.39 is 99.4 Å². The summed E-state index contributed by atoms with van der Waals surface area (Å²) >= 11 is 0. The third kappa shape index (κ3) is 8.46. The van der Waals surface area contributed by atoms with Gasteiger partial charge in [-0.25, -0.2) is 9.59 Å². The minimum Gasteiger partial charge on any atom is -0.504 e. The van der Waals surface area contributed by atoms with Gasteiger partial charge < -0.3 is 70.8 Å². The first-order valence-corrected chi connectivity index (χ1v) is 14.9. The third-order valence-corrected chi connectivity index (χ3v) is 7.91. The molecule has 4 aromatic rings. The van der Waals surface area contributed by atoms with Gasteiger partial charge in [-0.3, -0.25) is 0 Å². The molecule has 4 rings (SSSR count). The molecule has 0 saturated heterocycles. The highest BCUT2D eigenvalue weighted by Gasteiger charge is 2.27. The lowest BCUT2D eigenvalue weighted by Crippen LogP contribution is -2.26. The van der Waals surface area contributed by atoms with Crippen LogP contribution in [0.4, 0.5) is 0 Å². The number of phenols is 12. The maximum Gasteiger partial charge on any atom is 0.338 e. The first-order chi connectivity index (χ1) is 23.5. The average Bonchev–Trinajstić information content (AvgIpc) is 3.06. The second-order valence-electron chi connectivity index (χ2n) is 11.5. The molecule has 0 aromatic heterocycles. The standard InChI is InChI=1S/C34H34O16/c35-21-6-15(7-22(36)29(21)43)4-17(2-1-3-49-33(47)18-10-25(39)31(45)26(40)11-18)20(5-16-8-23(37)30(44)24(38)9-16)14-50-34(48)19-12-27(41)32(46)28(42)13-19/h6-13,17,20,35-46H,1-5,14H2/t17-,20+/m1/s1. The summed E-state index contributed by atoms with van der Waals surface area (Å²) in [6, 6.07) is 8.23. The number of hydrogen-bond donors (Lipinski definition) is 12. The molecule has 0 unspecified atom stereocenters. The fourth-order valence-corrected chi connectivity index (χ4v) is 5.33. The number of phenolic OH excluding ortho intramolecular Hbond substituents is 12. The zero-order valence-electron chi connectivity index (χ0n) is 26.0. The molecular weight excluding hydrogens is 664 g/mol. The lowest BCUT2D eigenvalue weighted by Gasteiger charge is -2.28. The van der Waals surface area contributed by atoms with Gasteiger partial charge in [-0.15, -0.1) is 0 Å². The van der Waals surface area contributed by atoms with E-state index >= 15 is 0 Å².